The quantitative estimate of drug-likeness (QED) is 0.772. The van der Waals surface area contributed by atoms with E-state index >= 15 is 0 Å². The van der Waals surface area contributed by atoms with Crippen molar-refractivity contribution in [1.29, 1.82) is 0 Å². The van der Waals surface area contributed by atoms with Crippen LogP contribution in [0.25, 0.3) is 0 Å². The van der Waals surface area contributed by atoms with Crippen molar-refractivity contribution in [2.24, 2.45) is 0 Å². The lowest BCUT2D eigenvalue weighted by Crippen LogP contribution is -2.52. The van der Waals surface area contributed by atoms with Crippen molar-refractivity contribution in [2.75, 3.05) is 13.1 Å². The Morgan fingerprint density at radius 3 is 3.05 bits per heavy atom. The lowest BCUT2D eigenvalue weighted by Gasteiger charge is -2.29. The molecule has 0 radical (unpaired) electrons. The van der Waals surface area contributed by atoms with Gasteiger partial charge in [-0.25, -0.2) is 4.39 Å². The third-order valence-electron chi connectivity index (χ3n) is 3.16. The summed E-state index contributed by atoms with van der Waals surface area (Å²) in [6.07, 6.45) is 0.182. The van der Waals surface area contributed by atoms with Crippen LogP contribution >= 0.6 is 11.6 Å². The topological polar surface area (TPSA) is 61.4 Å². The Morgan fingerprint density at radius 2 is 2.37 bits per heavy atom. The Labute approximate surface area is 116 Å². The van der Waals surface area contributed by atoms with Gasteiger partial charge in [0.2, 0.25) is 5.91 Å². The molecule has 104 valence electrons. The molecule has 1 aromatic rings. The molecule has 1 saturated heterocycles. The number of aliphatic hydroxyl groups is 1. The molecule has 0 aromatic heterocycles. The summed E-state index contributed by atoms with van der Waals surface area (Å²) in [5, 5.41) is 15.8. The molecule has 1 amide bonds. The summed E-state index contributed by atoms with van der Waals surface area (Å²) in [4.78, 5) is 11.9. The number of β-amino-alcohol motifs (C(OH)–C–C–N with tert-alkyl or cyclic N) is 1. The number of piperidine rings is 1. The van der Waals surface area contributed by atoms with E-state index in [9.17, 15) is 14.3 Å². The van der Waals surface area contributed by atoms with E-state index in [0.717, 1.165) is 6.54 Å². The first-order valence-electron chi connectivity index (χ1n) is 6.18. The lowest BCUT2D eigenvalue weighted by molar-refractivity contribution is -0.122. The van der Waals surface area contributed by atoms with Crippen LogP contribution in [0.2, 0.25) is 5.02 Å². The minimum Gasteiger partial charge on any atom is -0.390 e. The van der Waals surface area contributed by atoms with Gasteiger partial charge in [0.25, 0.3) is 0 Å². The molecule has 0 bridgehead atoms. The highest BCUT2D eigenvalue weighted by Crippen LogP contribution is 2.17. The van der Waals surface area contributed by atoms with E-state index in [1.54, 1.807) is 0 Å². The number of rotatable bonds is 3. The smallest absolute Gasteiger partial charge is 0.224 e. The molecule has 4 nitrogen and oxygen atoms in total. The zero-order chi connectivity index (χ0) is 13.8. The molecule has 1 aliphatic heterocycles. The maximum atomic E-state index is 12.9. The second kappa shape index (κ2) is 6.32. The van der Waals surface area contributed by atoms with Crippen molar-refractivity contribution in [3.8, 4) is 0 Å². The maximum Gasteiger partial charge on any atom is 0.224 e. The molecule has 1 aromatic carbocycles. The number of carbonyl (C=O) groups is 1. The first kappa shape index (κ1) is 14.2. The maximum absolute atomic E-state index is 12.9. The van der Waals surface area contributed by atoms with Gasteiger partial charge in [0, 0.05) is 11.6 Å². The minimum atomic E-state index is -0.582. The van der Waals surface area contributed by atoms with Crippen LogP contribution in [0.15, 0.2) is 18.2 Å². The lowest BCUT2D eigenvalue weighted by atomic mass is 10.0. The van der Waals surface area contributed by atoms with Crippen LogP contribution < -0.4 is 10.6 Å². The number of benzene rings is 1. The third kappa shape index (κ3) is 3.89. The Kier molecular flexibility index (Phi) is 4.74. The van der Waals surface area contributed by atoms with Crippen molar-refractivity contribution in [2.45, 2.75) is 25.0 Å². The Balaban J connectivity index is 1.93. The van der Waals surface area contributed by atoms with Crippen LogP contribution in [0.1, 0.15) is 12.0 Å². The van der Waals surface area contributed by atoms with Crippen LogP contribution in [0, 0.1) is 5.82 Å². The zero-order valence-corrected chi connectivity index (χ0v) is 11.1. The fraction of sp³-hybridized carbons (Fsp3) is 0.462. The molecule has 1 aliphatic rings. The Morgan fingerprint density at radius 1 is 1.58 bits per heavy atom. The van der Waals surface area contributed by atoms with Gasteiger partial charge in [0.05, 0.1) is 18.6 Å². The van der Waals surface area contributed by atoms with E-state index in [2.05, 4.69) is 10.6 Å². The van der Waals surface area contributed by atoms with Crippen LogP contribution in [0.3, 0.4) is 0 Å². The molecule has 1 heterocycles. The number of hydrogen-bond acceptors (Lipinski definition) is 3. The number of aliphatic hydroxyl groups excluding tert-OH is 1. The van der Waals surface area contributed by atoms with Crippen LogP contribution in [-0.2, 0) is 11.2 Å². The van der Waals surface area contributed by atoms with Gasteiger partial charge in [-0.2, -0.15) is 0 Å². The van der Waals surface area contributed by atoms with Crippen molar-refractivity contribution in [3.05, 3.63) is 34.6 Å². The summed E-state index contributed by atoms with van der Waals surface area (Å²) in [7, 11) is 0. The van der Waals surface area contributed by atoms with Crippen molar-refractivity contribution < 1.29 is 14.3 Å². The molecule has 19 heavy (non-hydrogen) atoms. The molecule has 2 atom stereocenters. The normalized spacial score (nSPS) is 23.1. The largest absolute Gasteiger partial charge is 0.390 e. The number of carbonyl (C=O) groups excluding carboxylic acids is 1. The molecule has 6 heteroatoms. The summed E-state index contributed by atoms with van der Waals surface area (Å²) >= 11 is 5.87. The minimum absolute atomic E-state index is 0.0791. The highest BCUT2D eigenvalue weighted by atomic mass is 35.5. The van der Waals surface area contributed by atoms with E-state index < -0.39 is 11.9 Å². The average molecular weight is 287 g/mol. The van der Waals surface area contributed by atoms with Gasteiger partial charge >= 0.3 is 0 Å². The fourth-order valence-electron chi connectivity index (χ4n) is 2.11. The van der Waals surface area contributed by atoms with Gasteiger partial charge in [-0.05, 0) is 30.7 Å². The van der Waals surface area contributed by atoms with Gasteiger partial charge in [0.1, 0.15) is 5.82 Å². The summed E-state index contributed by atoms with van der Waals surface area (Å²) in [5.74, 6) is -0.651. The molecule has 0 unspecified atom stereocenters. The first-order chi connectivity index (χ1) is 9.06. The van der Waals surface area contributed by atoms with E-state index in [1.165, 1.54) is 18.2 Å². The average Bonchev–Trinajstić information content (AvgIpc) is 2.36. The highest BCUT2D eigenvalue weighted by Gasteiger charge is 2.24. The molecular weight excluding hydrogens is 271 g/mol. The number of nitrogens with one attached hydrogen (secondary N) is 2. The monoisotopic (exact) mass is 286 g/mol. The second-order valence-corrected chi connectivity index (χ2v) is 5.05. The molecule has 2 rings (SSSR count). The zero-order valence-electron chi connectivity index (χ0n) is 10.3. The van der Waals surface area contributed by atoms with Crippen molar-refractivity contribution in [3.63, 3.8) is 0 Å². The number of halogens is 2. The van der Waals surface area contributed by atoms with E-state index in [0.29, 0.717) is 18.5 Å². The summed E-state index contributed by atoms with van der Waals surface area (Å²) in [5.41, 5.74) is 0.573. The number of amides is 1. The highest BCUT2D eigenvalue weighted by molar-refractivity contribution is 6.31. The SMILES string of the molecule is O=C(Cc1ccc(F)cc1Cl)N[C@@H]1CCNC[C@H]1O. The van der Waals surface area contributed by atoms with Gasteiger partial charge in [-0.15, -0.1) is 0 Å². The van der Waals surface area contributed by atoms with Crippen LogP contribution in [-0.4, -0.2) is 36.2 Å². The molecule has 0 saturated carbocycles. The molecule has 0 spiro atoms. The predicted molar refractivity (Wildman–Crippen MR) is 70.5 cm³/mol. The molecule has 0 aliphatic carbocycles. The van der Waals surface area contributed by atoms with E-state index in [1.807, 2.05) is 0 Å². The standard InChI is InChI=1S/C13H16ClFN2O2/c14-10-6-9(15)2-1-8(10)5-13(19)17-11-3-4-16-7-12(11)18/h1-2,6,11-12,16,18H,3-5,7H2,(H,17,19)/t11-,12-/m1/s1. The van der Waals surface area contributed by atoms with Crippen molar-refractivity contribution >= 4 is 17.5 Å². The van der Waals surface area contributed by atoms with Gasteiger partial charge in [-0.3, -0.25) is 4.79 Å². The van der Waals surface area contributed by atoms with E-state index in [-0.39, 0.29) is 23.4 Å². The first-order valence-corrected chi connectivity index (χ1v) is 6.56. The Hall–Kier alpha value is -1.17. The summed E-state index contributed by atoms with van der Waals surface area (Å²) < 4.78 is 12.9. The van der Waals surface area contributed by atoms with Crippen LogP contribution in [0.4, 0.5) is 4.39 Å². The predicted octanol–water partition coefficient (Wildman–Crippen LogP) is 0.861. The fourth-order valence-corrected chi connectivity index (χ4v) is 2.34. The third-order valence-corrected chi connectivity index (χ3v) is 3.51. The van der Waals surface area contributed by atoms with Crippen molar-refractivity contribution in [1.82, 2.24) is 10.6 Å². The summed E-state index contributed by atoms with van der Waals surface area (Å²) in [6, 6.07) is 3.71. The van der Waals surface area contributed by atoms with Gasteiger partial charge < -0.3 is 15.7 Å². The Bertz CT molecular complexity index is 470. The molecule has 3 N–H and O–H groups in total. The van der Waals surface area contributed by atoms with Crippen LogP contribution in [0.5, 0.6) is 0 Å². The summed E-state index contributed by atoms with van der Waals surface area (Å²) in [6.45, 7) is 1.24. The molecule has 1 fully saturated rings. The van der Waals surface area contributed by atoms with Gasteiger partial charge in [0.15, 0.2) is 0 Å². The number of hydrogen-bond donors (Lipinski definition) is 3. The van der Waals surface area contributed by atoms with Gasteiger partial charge in [-0.1, -0.05) is 17.7 Å². The second-order valence-electron chi connectivity index (χ2n) is 4.65. The molecular formula is C13H16ClFN2O2. The van der Waals surface area contributed by atoms with E-state index in [4.69, 9.17) is 11.6 Å².